The second-order valence-corrected chi connectivity index (χ2v) is 9.05. The van der Waals surface area contributed by atoms with Gasteiger partial charge in [-0.15, -0.1) is 12.4 Å². The summed E-state index contributed by atoms with van der Waals surface area (Å²) in [6, 6.07) is 6.32. The van der Waals surface area contributed by atoms with Crippen LogP contribution in [0.4, 0.5) is 0 Å². The number of sulfone groups is 1. The first-order chi connectivity index (χ1) is 11.8. The molecule has 26 heavy (non-hydrogen) atoms. The summed E-state index contributed by atoms with van der Waals surface area (Å²) in [7, 11) is -3.19. The van der Waals surface area contributed by atoms with Crippen molar-refractivity contribution in [3.05, 3.63) is 24.3 Å². The molecule has 0 atom stereocenters. The van der Waals surface area contributed by atoms with Crippen LogP contribution in [0.25, 0.3) is 0 Å². The van der Waals surface area contributed by atoms with Crippen molar-refractivity contribution >= 4 is 28.2 Å². The Hall–Kier alpha value is -1.31. The van der Waals surface area contributed by atoms with E-state index in [1.165, 1.54) is 18.4 Å². The molecule has 0 unspecified atom stereocenters. The minimum absolute atomic E-state index is 0. The number of carbonyl (C=O) groups is 1. The Labute approximate surface area is 162 Å². The molecule has 0 aliphatic carbocycles. The van der Waals surface area contributed by atoms with Gasteiger partial charge in [0.2, 0.25) is 5.91 Å². The molecule has 2 rings (SSSR count). The van der Waals surface area contributed by atoms with Gasteiger partial charge >= 0.3 is 0 Å². The topological polar surface area (TPSA) is 84.5 Å². The fourth-order valence-corrected chi connectivity index (χ4v) is 3.44. The van der Waals surface area contributed by atoms with Crippen molar-refractivity contribution in [3.8, 4) is 5.75 Å². The molecule has 2 N–H and O–H groups in total. The van der Waals surface area contributed by atoms with Gasteiger partial charge in [-0.3, -0.25) is 4.79 Å². The number of hydrogen-bond acceptors (Lipinski definition) is 5. The molecule has 148 valence electrons. The Morgan fingerprint density at radius 3 is 2.42 bits per heavy atom. The highest BCUT2D eigenvalue weighted by Crippen LogP contribution is 2.26. The second-order valence-electron chi connectivity index (χ2n) is 7.03. The van der Waals surface area contributed by atoms with E-state index in [0.717, 1.165) is 32.5 Å². The molecule has 0 spiro atoms. The first kappa shape index (κ1) is 22.7. The quantitative estimate of drug-likeness (QED) is 0.648. The summed E-state index contributed by atoms with van der Waals surface area (Å²) in [6.07, 6.45) is 4.39. The maximum absolute atomic E-state index is 11.9. The Kier molecular flexibility index (Phi) is 8.86. The average Bonchev–Trinajstić information content (AvgIpc) is 2.57. The lowest BCUT2D eigenvalue weighted by atomic mass is 9.81. The molecular weight excluding hydrogens is 376 g/mol. The van der Waals surface area contributed by atoms with Crippen LogP contribution in [-0.2, 0) is 14.6 Å². The van der Waals surface area contributed by atoms with Gasteiger partial charge in [-0.2, -0.15) is 0 Å². The summed E-state index contributed by atoms with van der Waals surface area (Å²) in [5, 5.41) is 6.36. The van der Waals surface area contributed by atoms with Crippen LogP contribution in [0, 0.1) is 5.41 Å². The van der Waals surface area contributed by atoms with Crippen molar-refractivity contribution in [2.75, 3.05) is 32.5 Å². The molecule has 1 aromatic rings. The maximum atomic E-state index is 11.9. The van der Waals surface area contributed by atoms with Crippen molar-refractivity contribution in [1.82, 2.24) is 10.6 Å². The van der Waals surface area contributed by atoms with Gasteiger partial charge in [-0.25, -0.2) is 8.42 Å². The molecule has 6 nitrogen and oxygen atoms in total. The lowest BCUT2D eigenvalue weighted by Gasteiger charge is -2.34. The molecule has 8 heteroatoms. The number of rotatable bonds is 8. The molecule has 1 fully saturated rings. The Bertz CT molecular complexity index is 671. The number of ether oxygens (including phenoxy) is 1. The van der Waals surface area contributed by atoms with Gasteiger partial charge in [0, 0.05) is 19.2 Å². The fraction of sp³-hybridized carbons (Fsp3) is 0.611. The van der Waals surface area contributed by atoms with Gasteiger partial charge in [-0.05, 0) is 62.0 Å². The van der Waals surface area contributed by atoms with Crippen LogP contribution in [0.2, 0.25) is 0 Å². The molecule has 1 heterocycles. The predicted octanol–water partition coefficient (Wildman–Crippen LogP) is 2.18. The van der Waals surface area contributed by atoms with Crippen molar-refractivity contribution in [2.45, 2.75) is 37.5 Å². The maximum Gasteiger partial charge on any atom is 0.220 e. The van der Waals surface area contributed by atoms with E-state index in [9.17, 15) is 13.2 Å². The number of carbonyl (C=O) groups excluding carboxylic acids is 1. The van der Waals surface area contributed by atoms with Crippen molar-refractivity contribution < 1.29 is 17.9 Å². The van der Waals surface area contributed by atoms with Crippen LogP contribution in [-0.4, -0.2) is 46.8 Å². The number of amides is 1. The van der Waals surface area contributed by atoms with Gasteiger partial charge in [-0.1, -0.05) is 6.92 Å². The highest BCUT2D eigenvalue weighted by atomic mass is 35.5. The number of halogens is 1. The Balaban J connectivity index is 0.00000338. The summed E-state index contributed by atoms with van der Waals surface area (Å²) < 4.78 is 28.3. The van der Waals surface area contributed by atoms with Gasteiger partial charge in [0.25, 0.3) is 0 Å². The van der Waals surface area contributed by atoms with Gasteiger partial charge in [0.15, 0.2) is 9.84 Å². The summed E-state index contributed by atoms with van der Waals surface area (Å²) in [5.74, 6) is 0.658. The molecule has 1 saturated heterocycles. The van der Waals surface area contributed by atoms with E-state index in [-0.39, 0.29) is 28.6 Å². The SMILES string of the molecule is CC1(CNC(=O)CCCOc2ccc(S(C)(=O)=O)cc2)CCNCC1.Cl. The standard InChI is InChI=1S/C18H28N2O4S.ClH/c1-18(9-11-19-12-10-18)14-20-17(21)4-3-13-24-15-5-7-16(8-6-15)25(2,22)23;/h5-8,19H,3-4,9-14H2,1-2H3,(H,20,21);1H. The average molecular weight is 405 g/mol. The smallest absolute Gasteiger partial charge is 0.220 e. The second kappa shape index (κ2) is 10.1. The van der Waals surface area contributed by atoms with Gasteiger partial charge < -0.3 is 15.4 Å². The van der Waals surface area contributed by atoms with E-state index in [2.05, 4.69) is 17.6 Å². The van der Waals surface area contributed by atoms with Gasteiger partial charge in [0.05, 0.1) is 11.5 Å². The highest BCUT2D eigenvalue weighted by Gasteiger charge is 2.26. The molecule has 0 aromatic heterocycles. The summed E-state index contributed by atoms with van der Waals surface area (Å²) in [6.45, 7) is 5.39. The molecular formula is C18H29ClN2O4S. The third kappa shape index (κ3) is 7.51. The number of benzene rings is 1. The normalized spacial score (nSPS) is 16.4. The lowest BCUT2D eigenvalue weighted by molar-refractivity contribution is -0.121. The summed E-state index contributed by atoms with van der Waals surface area (Å²) in [5.41, 5.74) is 0.193. The Morgan fingerprint density at radius 1 is 1.23 bits per heavy atom. The van der Waals surface area contributed by atoms with Crippen molar-refractivity contribution in [2.24, 2.45) is 5.41 Å². The van der Waals surface area contributed by atoms with E-state index in [0.29, 0.717) is 25.2 Å². The molecule has 0 saturated carbocycles. The fourth-order valence-electron chi connectivity index (χ4n) is 2.81. The third-order valence-electron chi connectivity index (χ3n) is 4.59. The van der Waals surface area contributed by atoms with Crippen molar-refractivity contribution in [1.29, 1.82) is 0 Å². The molecule has 0 radical (unpaired) electrons. The van der Waals surface area contributed by atoms with Crippen LogP contribution < -0.4 is 15.4 Å². The third-order valence-corrected chi connectivity index (χ3v) is 5.72. The highest BCUT2D eigenvalue weighted by molar-refractivity contribution is 7.90. The number of piperidine rings is 1. The number of nitrogens with one attached hydrogen (secondary N) is 2. The van der Waals surface area contributed by atoms with Crippen LogP contribution in [0.3, 0.4) is 0 Å². The van der Waals surface area contributed by atoms with E-state index in [4.69, 9.17) is 4.74 Å². The monoisotopic (exact) mass is 404 g/mol. The number of hydrogen-bond donors (Lipinski definition) is 2. The molecule has 0 bridgehead atoms. The van der Waals surface area contributed by atoms with Crippen LogP contribution in [0.5, 0.6) is 5.75 Å². The summed E-state index contributed by atoms with van der Waals surface area (Å²) in [4.78, 5) is 12.2. The molecule has 1 aliphatic heterocycles. The van der Waals surface area contributed by atoms with E-state index in [1.54, 1.807) is 12.1 Å². The van der Waals surface area contributed by atoms with Crippen LogP contribution >= 0.6 is 12.4 Å². The Morgan fingerprint density at radius 2 is 1.85 bits per heavy atom. The van der Waals surface area contributed by atoms with Crippen LogP contribution in [0.15, 0.2) is 29.2 Å². The lowest BCUT2D eigenvalue weighted by Crippen LogP contribution is -2.42. The van der Waals surface area contributed by atoms with E-state index < -0.39 is 9.84 Å². The molecule has 1 aromatic carbocycles. The first-order valence-corrected chi connectivity index (χ1v) is 10.6. The van der Waals surface area contributed by atoms with Crippen molar-refractivity contribution in [3.63, 3.8) is 0 Å². The minimum atomic E-state index is -3.19. The molecule has 1 aliphatic rings. The largest absolute Gasteiger partial charge is 0.494 e. The van der Waals surface area contributed by atoms with Gasteiger partial charge in [0.1, 0.15) is 5.75 Å². The summed E-state index contributed by atoms with van der Waals surface area (Å²) >= 11 is 0. The predicted molar refractivity (Wildman–Crippen MR) is 105 cm³/mol. The zero-order valence-electron chi connectivity index (χ0n) is 15.4. The van der Waals surface area contributed by atoms with E-state index in [1.807, 2.05) is 0 Å². The molecule has 1 amide bonds. The zero-order chi connectivity index (χ0) is 18.3. The first-order valence-electron chi connectivity index (χ1n) is 8.69. The zero-order valence-corrected chi connectivity index (χ0v) is 17.0. The van der Waals surface area contributed by atoms with Crippen LogP contribution in [0.1, 0.15) is 32.6 Å². The minimum Gasteiger partial charge on any atom is -0.494 e. The van der Waals surface area contributed by atoms with E-state index >= 15 is 0 Å².